The first-order chi connectivity index (χ1) is 58.3. The molecule has 0 spiro atoms. The smallest absolute Gasteiger partial charge is 0.373 e. The molecule has 28 nitrogen and oxygen atoms in total. The van der Waals surface area contributed by atoms with E-state index in [4.69, 9.17) is 52.6 Å². The van der Waals surface area contributed by atoms with Crippen molar-refractivity contribution >= 4 is 82.6 Å². The third-order valence-corrected chi connectivity index (χ3v) is 17.2. The van der Waals surface area contributed by atoms with E-state index in [1.54, 1.807) is 126 Å². The third-order valence-electron chi connectivity index (χ3n) is 15.9. The molecule has 0 N–H and O–H groups in total. The molecule has 0 radical (unpaired) electrons. The number of esters is 2. The molecule has 10 aromatic rings. The molecule has 0 saturated carbocycles. The first-order valence-corrected chi connectivity index (χ1v) is 39.3. The second-order valence-corrected chi connectivity index (χ2v) is 26.0. The fraction of sp³-hybridized carbons (Fsp3) is 0.271. The van der Waals surface area contributed by atoms with Crippen molar-refractivity contribution in [3.63, 3.8) is 0 Å². The third kappa shape index (κ3) is 34.6. The van der Waals surface area contributed by atoms with Gasteiger partial charge in [-0.3, -0.25) is 18.6 Å². The van der Waals surface area contributed by atoms with Crippen molar-refractivity contribution in [3.05, 3.63) is 251 Å². The first-order valence-electron chi connectivity index (χ1n) is 36.5. The van der Waals surface area contributed by atoms with Crippen LogP contribution in [0.4, 0.5) is 38.2 Å². The van der Waals surface area contributed by atoms with Gasteiger partial charge < -0.3 is 33.6 Å². The maximum atomic E-state index is 14.1. The van der Waals surface area contributed by atoms with E-state index in [2.05, 4.69) is 49.5 Å². The zero-order valence-electron chi connectivity index (χ0n) is 67.2. The van der Waals surface area contributed by atoms with Gasteiger partial charge in [0.05, 0.1) is 84.3 Å². The van der Waals surface area contributed by atoms with Crippen LogP contribution in [0.2, 0.25) is 0 Å². The summed E-state index contributed by atoms with van der Waals surface area (Å²) in [6.45, 7) is 15.4. The molecule has 12 rings (SSSR count). The number of halogens is 6. The number of hydrogen-bond acceptors (Lipinski definition) is 29. The van der Waals surface area contributed by atoms with E-state index in [0.29, 0.717) is 94.9 Å². The Kier molecular flexibility index (Phi) is 48.5. The van der Waals surface area contributed by atoms with Crippen LogP contribution in [0.5, 0.6) is 0 Å². The summed E-state index contributed by atoms with van der Waals surface area (Å²) in [6, 6.07) is 39.3. The number of aryl methyl sites for hydroxylation is 3. The highest BCUT2D eigenvalue weighted by Crippen LogP contribution is 2.30. The molecular weight excluding hydrogens is 1630 g/mol. The van der Waals surface area contributed by atoms with E-state index in [-0.39, 0.29) is 82.9 Å². The van der Waals surface area contributed by atoms with Gasteiger partial charge in [0.1, 0.15) is 46.9 Å². The van der Waals surface area contributed by atoms with Gasteiger partial charge in [0.25, 0.3) is 0 Å². The van der Waals surface area contributed by atoms with Crippen LogP contribution < -0.4 is 9.80 Å². The Hall–Kier alpha value is -13.4. The number of morpholine rings is 2. The lowest BCUT2D eigenvalue weighted by molar-refractivity contribution is -0.193. The minimum Gasteiger partial charge on any atom is -0.466 e. The van der Waals surface area contributed by atoms with Gasteiger partial charge in [-0.15, -0.1) is 0 Å². The number of rotatable bonds is 20. The molecule has 4 aromatic heterocycles. The first kappa shape index (κ1) is 102. The van der Waals surface area contributed by atoms with Crippen molar-refractivity contribution < 1.29 is 107 Å². The zero-order chi connectivity index (χ0) is 89.6. The van der Waals surface area contributed by atoms with Crippen LogP contribution in [0.3, 0.4) is 0 Å². The number of ketones is 2. The van der Waals surface area contributed by atoms with Crippen LogP contribution in [0.15, 0.2) is 199 Å². The average molecular weight is 1710 g/mol. The van der Waals surface area contributed by atoms with E-state index in [0.717, 1.165) is 55.7 Å². The van der Waals surface area contributed by atoms with Gasteiger partial charge in [-0.25, -0.2) is 71.0 Å². The summed E-state index contributed by atoms with van der Waals surface area (Å²) in [6.07, 6.45) is 14.4. The van der Waals surface area contributed by atoms with Crippen molar-refractivity contribution in [1.82, 2.24) is 44.8 Å². The van der Waals surface area contributed by atoms with Gasteiger partial charge >= 0.3 is 36.5 Å². The maximum absolute atomic E-state index is 14.1. The SMILES string of the molecule is CCOC(=O)/C(=C\N(C)C)C(=O)c1ccccc1F.CCOC(=O)CC(=O)c1ccccc1F.CCc1cnc(N2CCOCC2)nc1-c1ccccc1F.CCc1cnc(S(C)=O)nc1-c1ccccc1F.CCc1cnc(SC)nc1-c1ccccc1F.Fc1ccccc1-c1ccnc(N2CCOCC2)n1.O=C=O.O=C=O.O=C=O.O=C=O. The van der Waals surface area contributed by atoms with Crippen LogP contribution in [0, 0.1) is 34.9 Å². The van der Waals surface area contributed by atoms with Gasteiger partial charge in [-0.2, -0.15) is 38.4 Å². The number of thioether (sulfide) groups is 1. The summed E-state index contributed by atoms with van der Waals surface area (Å²) in [4.78, 5) is 152. The summed E-state index contributed by atoms with van der Waals surface area (Å²) in [5, 5.41) is 0.894. The predicted octanol–water partition coefficient (Wildman–Crippen LogP) is 12.6. The fourth-order valence-electron chi connectivity index (χ4n) is 10.4. The standard InChI is InChI=1S/C16H18FN3O.C14H14FN3O.C14H16FNO3.C13H13FN2OS.C13H13FN2S.C11H11FO3.4CO2/c1-2-12-11-18-16(20-7-9-21-10-8-20)19-15(12)13-5-3-4-6-14(13)17;15-12-4-2-1-3-11(12)13-5-6-16-14(17-13)18-7-9-19-10-8-18;1-4-19-14(18)11(9-16(2)3)13(17)10-7-5-6-8-12(10)15;1-3-9-8-15-13(18(2)17)16-12(9)10-6-4-5-7-11(10)14;1-3-9-8-15-13(17-2)16-12(9)10-6-4-5-7-11(10)14;1-2-15-11(14)7-10(13)8-5-3-4-6-9(8)12;4*2-1-3/h3-6,11H,2,7-10H2,1H3;1-6H,7-10H2;5-9H,4H2,1-3H3;4-8H,3H2,1-2H3;4-8H,3H2,1-2H3;3-6H,2,7H2,1H3;;;;/b;;11-9-;;;;;;;. The van der Waals surface area contributed by atoms with Crippen molar-refractivity contribution in [3.8, 4) is 45.0 Å². The van der Waals surface area contributed by atoms with E-state index >= 15 is 0 Å². The number of carbonyl (C=O) groups is 4. The molecule has 636 valence electrons. The average Bonchev–Trinajstić information content (AvgIpc) is 0.817. The van der Waals surface area contributed by atoms with Crippen molar-refractivity contribution in [2.45, 2.75) is 70.6 Å². The molecule has 2 aliphatic rings. The van der Waals surface area contributed by atoms with Gasteiger partial charge in [-0.05, 0) is 135 Å². The molecule has 0 amide bonds. The minimum atomic E-state index is -1.27. The molecule has 36 heteroatoms. The Balaban J connectivity index is 0.000000366. The van der Waals surface area contributed by atoms with Gasteiger partial charge in [-0.1, -0.05) is 105 Å². The van der Waals surface area contributed by atoms with E-state index in [1.165, 1.54) is 95.8 Å². The van der Waals surface area contributed by atoms with Crippen molar-refractivity contribution in [1.29, 1.82) is 0 Å². The second-order valence-electron chi connectivity index (χ2n) is 23.9. The number of benzene rings is 6. The van der Waals surface area contributed by atoms with Crippen LogP contribution in [-0.4, -0.2) is 190 Å². The molecule has 1 unspecified atom stereocenters. The molecule has 0 aliphatic carbocycles. The fourth-order valence-corrected chi connectivity index (χ4v) is 11.2. The summed E-state index contributed by atoms with van der Waals surface area (Å²) in [5.74, 6) is -3.75. The Morgan fingerprint density at radius 3 is 1.25 bits per heavy atom. The quantitative estimate of drug-likeness (QED) is 0.00999. The van der Waals surface area contributed by atoms with Crippen LogP contribution >= 0.6 is 11.8 Å². The minimum absolute atomic E-state index is 0.0782. The lowest BCUT2D eigenvalue weighted by Crippen LogP contribution is -2.37. The maximum Gasteiger partial charge on any atom is 0.373 e. The Labute approximate surface area is 699 Å². The predicted molar refractivity (Wildman–Crippen MR) is 429 cm³/mol. The second kappa shape index (κ2) is 57.6. The molecule has 6 heterocycles. The lowest BCUT2D eigenvalue weighted by atomic mass is 10.0. The van der Waals surface area contributed by atoms with Crippen LogP contribution in [0.25, 0.3) is 45.0 Å². The van der Waals surface area contributed by atoms with Crippen molar-refractivity contribution in [2.24, 2.45) is 0 Å². The number of anilines is 2. The van der Waals surface area contributed by atoms with E-state index in [9.17, 15) is 49.7 Å². The topological polar surface area (TPSA) is 372 Å². The lowest BCUT2D eigenvalue weighted by Gasteiger charge is -2.27. The number of aromatic nitrogens is 8. The summed E-state index contributed by atoms with van der Waals surface area (Å²) < 4.78 is 114. The number of nitrogens with zero attached hydrogens (tertiary/aromatic N) is 11. The Morgan fingerprint density at radius 1 is 0.479 bits per heavy atom. The molecule has 2 fully saturated rings. The number of ether oxygens (including phenoxy) is 4. The van der Waals surface area contributed by atoms with Gasteiger partial charge in [0, 0.05) is 99.8 Å². The monoisotopic (exact) mass is 1710 g/mol. The molecule has 6 aromatic carbocycles. The molecule has 1 atom stereocenters. The normalized spacial score (nSPS) is 11.6. The largest absolute Gasteiger partial charge is 0.466 e. The zero-order valence-corrected chi connectivity index (χ0v) is 68.8. The molecular formula is C85H85F6N11O17S2. The highest BCUT2D eigenvalue weighted by molar-refractivity contribution is 7.98. The Morgan fingerprint density at radius 2 is 0.851 bits per heavy atom. The Bertz CT molecular complexity index is 5130. The summed E-state index contributed by atoms with van der Waals surface area (Å²) in [7, 11) is 2.05. The number of carbonyl (C=O) groups excluding carboxylic acids is 12. The molecule has 2 aliphatic heterocycles. The molecule has 0 bridgehead atoms. The summed E-state index contributed by atoms with van der Waals surface area (Å²) in [5.41, 5.74) is 6.85. The van der Waals surface area contributed by atoms with E-state index < -0.39 is 52.4 Å². The highest BCUT2D eigenvalue weighted by Gasteiger charge is 2.25. The van der Waals surface area contributed by atoms with Crippen LogP contribution in [-0.2, 0) is 97.0 Å². The number of hydrogen-bond donors (Lipinski definition) is 0. The van der Waals surface area contributed by atoms with Gasteiger partial charge in [0.15, 0.2) is 10.9 Å². The van der Waals surface area contributed by atoms with Crippen molar-refractivity contribution in [2.75, 3.05) is 102 Å². The highest BCUT2D eigenvalue weighted by atomic mass is 32.2. The summed E-state index contributed by atoms with van der Waals surface area (Å²) >= 11 is 1.46. The molecule has 2 saturated heterocycles. The molecule has 121 heavy (non-hydrogen) atoms. The van der Waals surface area contributed by atoms with Crippen LogP contribution in [0.1, 0.15) is 78.4 Å². The van der Waals surface area contributed by atoms with Gasteiger partial charge in [0.2, 0.25) is 22.8 Å². The van der Waals surface area contributed by atoms with E-state index in [1.807, 2.05) is 44.1 Å². The number of Topliss-reactive ketones (excluding diaryl/α,β-unsaturated/α-hetero) is 2.